The van der Waals surface area contributed by atoms with Gasteiger partial charge in [0.25, 0.3) is 0 Å². The molecule has 10 atom stereocenters. The molecule has 4 aliphatic rings. The van der Waals surface area contributed by atoms with Crippen LogP contribution in [0.3, 0.4) is 0 Å². The van der Waals surface area contributed by atoms with Crippen molar-refractivity contribution < 1.29 is 29.0 Å². The summed E-state index contributed by atoms with van der Waals surface area (Å²) in [5, 5.41) is 8.88. The van der Waals surface area contributed by atoms with E-state index in [0.717, 1.165) is 38.5 Å². The summed E-state index contributed by atoms with van der Waals surface area (Å²) in [6, 6.07) is -0.872. The number of aliphatic carboxylic acids is 1. The summed E-state index contributed by atoms with van der Waals surface area (Å²) in [7, 11) is 0. The lowest BCUT2D eigenvalue weighted by molar-refractivity contribution is -0.169. The first-order chi connectivity index (χ1) is 18.3. The Kier molecular flexibility index (Phi) is 9.00. The van der Waals surface area contributed by atoms with Crippen molar-refractivity contribution in [2.45, 2.75) is 124 Å². The fourth-order valence-corrected chi connectivity index (χ4v) is 9.64. The molecule has 3 N–H and O–H groups in total. The minimum atomic E-state index is -0.984. The molecule has 4 saturated carbocycles. The molecule has 7 heteroatoms. The summed E-state index contributed by atoms with van der Waals surface area (Å²) in [6.45, 7) is 10.5. The SMILES string of the molecule is CC(=O)[C@H]1CC[C@H]2[C@@H]3CC[C@H]4C[C@H](OC(=O)[C@@H](CC(=O)[C@@H](N)CCC(=O)O)C(C)C)CC[C@]4(C)[C@H]3CC[C@]12C. The van der Waals surface area contributed by atoms with E-state index in [9.17, 15) is 19.2 Å². The summed E-state index contributed by atoms with van der Waals surface area (Å²) < 4.78 is 6.09. The lowest BCUT2D eigenvalue weighted by Gasteiger charge is -2.61. The molecular weight excluding hydrogens is 494 g/mol. The van der Waals surface area contributed by atoms with Crippen LogP contribution in [-0.4, -0.2) is 40.8 Å². The van der Waals surface area contributed by atoms with Crippen molar-refractivity contribution in [1.29, 1.82) is 0 Å². The highest BCUT2D eigenvalue weighted by molar-refractivity contribution is 5.88. The largest absolute Gasteiger partial charge is 0.481 e. The van der Waals surface area contributed by atoms with E-state index in [2.05, 4.69) is 13.8 Å². The zero-order valence-electron chi connectivity index (χ0n) is 24.7. The van der Waals surface area contributed by atoms with Crippen LogP contribution in [0.15, 0.2) is 0 Å². The van der Waals surface area contributed by atoms with Crippen LogP contribution in [0.1, 0.15) is 112 Å². The van der Waals surface area contributed by atoms with Gasteiger partial charge in [-0.15, -0.1) is 0 Å². The molecule has 0 radical (unpaired) electrons. The van der Waals surface area contributed by atoms with Crippen molar-refractivity contribution in [2.75, 3.05) is 0 Å². The van der Waals surface area contributed by atoms with Crippen molar-refractivity contribution in [2.24, 2.45) is 58.0 Å². The van der Waals surface area contributed by atoms with Gasteiger partial charge in [0.2, 0.25) is 0 Å². The average molecular weight is 546 g/mol. The van der Waals surface area contributed by atoms with E-state index in [1.165, 1.54) is 19.3 Å². The van der Waals surface area contributed by atoms with Gasteiger partial charge < -0.3 is 15.6 Å². The molecule has 220 valence electrons. The highest BCUT2D eigenvalue weighted by Gasteiger charge is 2.61. The van der Waals surface area contributed by atoms with Crippen molar-refractivity contribution in [1.82, 2.24) is 0 Å². The van der Waals surface area contributed by atoms with E-state index in [0.29, 0.717) is 29.5 Å². The fourth-order valence-electron chi connectivity index (χ4n) is 9.64. The number of hydrogen-bond acceptors (Lipinski definition) is 6. The Morgan fingerprint density at radius 2 is 1.62 bits per heavy atom. The molecule has 0 spiro atoms. The molecular formula is C32H51NO6. The van der Waals surface area contributed by atoms with Gasteiger partial charge in [0, 0.05) is 18.8 Å². The standard InChI is InChI=1S/C32H51NO6/c1-18(2)23(17-28(35)27(33)10-11-29(36)37)30(38)39-21-12-14-31(4)20(16-21)6-7-22-25-9-8-24(19(3)34)32(25,5)15-13-26(22)31/h18,20-27H,6-17,33H2,1-5H3,(H,36,37)/t20-,21+,22-,23-,24+,25-,26-,27-,31-,32+/m0/s1. The molecule has 0 aromatic rings. The second kappa shape index (κ2) is 11.6. The zero-order chi connectivity index (χ0) is 28.7. The molecule has 0 unspecified atom stereocenters. The van der Waals surface area contributed by atoms with Crippen LogP contribution in [0.4, 0.5) is 0 Å². The number of carbonyl (C=O) groups is 4. The Hall–Kier alpha value is -1.76. The Morgan fingerprint density at radius 1 is 0.949 bits per heavy atom. The second-order valence-corrected chi connectivity index (χ2v) is 14.3. The van der Waals surface area contributed by atoms with Crippen molar-refractivity contribution in [3.63, 3.8) is 0 Å². The lowest BCUT2D eigenvalue weighted by Crippen LogP contribution is -2.54. The quantitative estimate of drug-likeness (QED) is 0.344. The fraction of sp³-hybridized carbons (Fsp3) is 0.875. The maximum Gasteiger partial charge on any atom is 0.309 e. The maximum atomic E-state index is 13.3. The first-order valence-corrected chi connectivity index (χ1v) is 15.5. The van der Waals surface area contributed by atoms with Gasteiger partial charge in [-0.1, -0.05) is 27.7 Å². The van der Waals surface area contributed by atoms with Crippen molar-refractivity contribution in [3.05, 3.63) is 0 Å². The number of carbonyl (C=O) groups excluding carboxylic acids is 3. The predicted octanol–water partition coefficient (Wildman–Crippen LogP) is 5.57. The Bertz CT molecular complexity index is 962. The van der Waals surface area contributed by atoms with E-state index in [-0.39, 0.29) is 59.8 Å². The number of ether oxygens (including phenoxy) is 1. The van der Waals surface area contributed by atoms with Crippen LogP contribution in [-0.2, 0) is 23.9 Å². The van der Waals surface area contributed by atoms with Gasteiger partial charge in [0.1, 0.15) is 17.7 Å². The van der Waals surface area contributed by atoms with Crippen LogP contribution >= 0.6 is 0 Å². The van der Waals surface area contributed by atoms with Gasteiger partial charge in [-0.05, 0) is 112 Å². The number of esters is 1. The van der Waals surface area contributed by atoms with Gasteiger partial charge in [-0.2, -0.15) is 0 Å². The highest BCUT2D eigenvalue weighted by atomic mass is 16.5. The van der Waals surface area contributed by atoms with Gasteiger partial charge in [0.05, 0.1) is 12.0 Å². The minimum Gasteiger partial charge on any atom is -0.481 e. The summed E-state index contributed by atoms with van der Waals surface area (Å²) >= 11 is 0. The topological polar surface area (TPSA) is 124 Å². The normalized spacial score (nSPS) is 39.2. The number of hydrogen-bond donors (Lipinski definition) is 2. The zero-order valence-corrected chi connectivity index (χ0v) is 24.7. The smallest absolute Gasteiger partial charge is 0.309 e. The third-order valence-corrected chi connectivity index (χ3v) is 12.0. The summed E-state index contributed by atoms with van der Waals surface area (Å²) in [6.07, 6.45) is 9.59. The lowest BCUT2D eigenvalue weighted by atomic mass is 9.44. The van der Waals surface area contributed by atoms with E-state index in [1.54, 1.807) is 6.92 Å². The predicted molar refractivity (Wildman–Crippen MR) is 149 cm³/mol. The number of ketones is 2. The van der Waals surface area contributed by atoms with Crippen LogP contribution < -0.4 is 5.73 Å². The Balaban J connectivity index is 1.36. The van der Waals surface area contributed by atoms with Gasteiger partial charge in [-0.25, -0.2) is 0 Å². The van der Waals surface area contributed by atoms with Gasteiger partial charge in [0.15, 0.2) is 0 Å². The minimum absolute atomic E-state index is 0.00365. The highest BCUT2D eigenvalue weighted by Crippen LogP contribution is 2.67. The number of carboxylic acid groups (broad SMARTS) is 1. The monoisotopic (exact) mass is 545 g/mol. The van der Waals surface area contributed by atoms with E-state index in [4.69, 9.17) is 15.6 Å². The number of fused-ring (bicyclic) bond motifs is 5. The first-order valence-electron chi connectivity index (χ1n) is 15.5. The molecule has 4 fully saturated rings. The second-order valence-electron chi connectivity index (χ2n) is 14.3. The molecule has 0 aromatic carbocycles. The number of carboxylic acids is 1. The molecule has 0 aromatic heterocycles. The first kappa shape index (κ1) is 30.2. The summed E-state index contributed by atoms with van der Waals surface area (Å²) in [5.41, 5.74) is 6.35. The van der Waals surface area contributed by atoms with Crippen LogP contribution in [0.5, 0.6) is 0 Å². The molecule has 7 nitrogen and oxygen atoms in total. The summed E-state index contributed by atoms with van der Waals surface area (Å²) in [4.78, 5) is 49.2. The molecule has 0 bridgehead atoms. The molecule has 39 heavy (non-hydrogen) atoms. The number of nitrogens with two attached hydrogens (primary N) is 1. The van der Waals surface area contributed by atoms with Crippen LogP contribution in [0.2, 0.25) is 0 Å². The van der Waals surface area contributed by atoms with Gasteiger partial charge >= 0.3 is 11.9 Å². The molecule has 0 heterocycles. The Morgan fingerprint density at radius 3 is 2.26 bits per heavy atom. The van der Waals surface area contributed by atoms with Gasteiger partial charge in [-0.3, -0.25) is 19.2 Å². The van der Waals surface area contributed by atoms with E-state index >= 15 is 0 Å². The van der Waals surface area contributed by atoms with E-state index < -0.39 is 17.9 Å². The average Bonchev–Trinajstić information content (AvgIpc) is 3.23. The Labute approximate surface area is 234 Å². The molecule has 0 saturated heterocycles. The molecule has 0 aliphatic heterocycles. The maximum absolute atomic E-state index is 13.3. The summed E-state index contributed by atoms with van der Waals surface area (Å²) in [5.74, 6) is 0.978. The molecule has 4 aliphatic carbocycles. The van der Waals surface area contributed by atoms with Crippen LogP contribution in [0, 0.1) is 52.3 Å². The van der Waals surface area contributed by atoms with Crippen LogP contribution in [0.25, 0.3) is 0 Å². The molecule has 4 rings (SSSR count). The molecule has 0 amide bonds. The van der Waals surface area contributed by atoms with Crippen molar-refractivity contribution >= 4 is 23.5 Å². The number of rotatable bonds is 10. The van der Waals surface area contributed by atoms with E-state index in [1.807, 2.05) is 13.8 Å². The third kappa shape index (κ3) is 5.85. The number of Topliss-reactive ketones (excluding diaryl/α,β-unsaturated/α-hetero) is 2. The third-order valence-electron chi connectivity index (χ3n) is 12.0. The van der Waals surface area contributed by atoms with Crippen molar-refractivity contribution in [3.8, 4) is 0 Å².